The van der Waals surface area contributed by atoms with Gasteiger partial charge in [0.1, 0.15) is 0 Å². The Morgan fingerprint density at radius 3 is 2.56 bits per heavy atom. The van der Waals surface area contributed by atoms with Crippen LogP contribution in [-0.4, -0.2) is 12.5 Å². The van der Waals surface area contributed by atoms with Gasteiger partial charge in [-0.15, -0.1) is 0 Å². The van der Waals surface area contributed by atoms with Gasteiger partial charge in [0.15, 0.2) is 0 Å². The largest absolute Gasteiger partial charge is 0.329 e. The molecule has 1 amide bonds. The van der Waals surface area contributed by atoms with Crippen molar-refractivity contribution in [2.24, 2.45) is 11.1 Å². The zero-order chi connectivity index (χ0) is 13.2. The van der Waals surface area contributed by atoms with Crippen molar-refractivity contribution in [3.8, 4) is 0 Å². The quantitative estimate of drug-likeness (QED) is 0.858. The van der Waals surface area contributed by atoms with Crippen LogP contribution in [0.2, 0.25) is 0 Å². The van der Waals surface area contributed by atoms with Crippen LogP contribution in [-0.2, 0) is 4.79 Å². The lowest BCUT2D eigenvalue weighted by Crippen LogP contribution is -2.47. The number of rotatable bonds is 4. The summed E-state index contributed by atoms with van der Waals surface area (Å²) in [6.07, 6.45) is 2.94. The second-order valence-electron chi connectivity index (χ2n) is 5.53. The predicted molar refractivity (Wildman–Crippen MR) is 74.5 cm³/mol. The Bertz CT molecular complexity index is 430. The molecule has 1 aliphatic rings. The fourth-order valence-corrected chi connectivity index (χ4v) is 2.50. The van der Waals surface area contributed by atoms with E-state index in [-0.39, 0.29) is 11.3 Å². The first-order valence-corrected chi connectivity index (χ1v) is 6.69. The lowest BCUT2D eigenvalue weighted by Gasteiger charge is -2.39. The average Bonchev–Trinajstić information content (AvgIpc) is 2.28. The molecular weight excluding hydrogens is 224 g/mol. The minimum absolute atomic E-state index is 0.0874. The maximum absolute atomic E-state index is 12.3. The van der Waals surface area contributed by atoms with Gasteiger partial charge in [0.25, 0.3) is 0 Å². The molecule has 1 aromatic rings. The van der Waals surface area contributed by atoms with Gasteiger partial charge in [0.05, 0.1) is 5.41 Å². The van der Waals surface area contributed by atoms with E-state index in [0.29, 0.717) is 12.5 Å². The van der Waals surface area contributed by atoms with Crippen molar-refractivity contribution in [1.29, 1.82) is 0 Å². The van der Waals surface area contributed by atoms with E-state index in [1.807, 2.05) is 18.2 Å². The third kappa shape index (κ3) is 2.27. The molecule has 3 nitrogen and oxygen atoms in total. The molecule has 1 aliphatic carbocycles. The summed E-state index contributed by atoms with van der Waals surface area (Å²) >= 11 is 0. The van der Waals surface area contributed by atoms with Crippen LogP contribution >= 0.6 is 0 Å². The molecule has 18 heavy (non-hydrogen) atoms. The number of amides is 1. The van der Waals surface area contributed by atoms with E-state index in [2.05, 4.69) is 25.2 Å². The molecule has 0 saturated heterocycles. The highest BCUT2D eigenvalue weighted by atomic mass is 16.2. The third-order valence-electron chi connectivity index (χ3n) is 4.01. The van der Waals surface area contributed by atoms with Gasteiger partial charge in [0, 0.05) is 12.2 Å². The van der Waals surface area contributed by atoms with Crippen LogP contribution in [0.1, 0.15) is 44.6 Å². The molecule has 0 spiro atoms. The second-order valence-corrected chi connectivity index (χ2v) is 5.53. The van der Waals surface area contributed by atoms with E-state index in [9.17, 15) is 4.79 Å². The van der Waals surface area contributed by atoms with E-state index in [4.69, 9.17) is 5.73 Å². The van der Waals surface area contributed by atoms with Gasteiger partial charge in [-0.1, -0.05) is 38.5 Å². The van der Waals surface area contributed by atoms with E-state index in [1.165, 1.54) is 5.56 Å². The molecule has 3 N–H and O–H groups in total. The SMILES string of the molecule is CC(C)c1ccccc1NC(=O)C1(CN)CCC1. The van der Waals surface area contributed by atoms with E-state index in [0.717, 1.165) is 24.9 Å². The van der Waals surface area contributed by atoms with Crippen molar-refractivity contribution < 1.29 is 4.79 Å². The summed E-state index contributed by atoms with van der Waals surface area (Å²) in [5, 5.41) is 3.07. The van der Waals surface area contributed by atoms with Gasteiger partial charge in [0.2, 0.25) is 5.91 Å². The molecule has 3 heteroatoms. The molecule has 0 aliphatic heterocycles. The minimum atomic E-state index is -0.315. The van der Waals surface area contributed by atoms with Crippen molar-refractivity contribution in [3.63, 3.8) is 0 Å². The Morgan fingerprint density at radius 2 is 2.06 bits per heavy atom. The second kappa shape index (κ2) is 5.11. The van der Waals surface area contributed by atoms with Crippen LogP contribution in [0.5, 0.6) is 0 Å². The molecule has 0 atom stereocenters. The Hall–Kier alpha value is -1.35. The maximum Gasteiger partial charge on any atom is 0.231 e. The Morgan fingerprint density at radius 1 is 1.39 bits per heavy atom. The number of nitrogens with two attached hydrogens (primary N) is 1. The van der Waals surface area contributed by atoms with Gasteiger partial charge in [-0.25, -0.2) is 0 Å². The number of para-hydroxylation sites is 1. The summed E-state index contributed by atoms with van der Waals surface area (Å²) in [6.45, 7) is 4.71. The highest BCUT2D eigenvalue weighted by molar-refractivity contribution is 5.96. The smallest absolute Gasteiger partial charge is 0.231 e. The van der Waals surface area contributed by atoms with Crippen LogP contribution in [0, 0.1) is 5.41 Å². The lowest BCUT2D eigenvalue weighted by atomic mass is 9.68. The number of nitrogens with one attached hydrogen (secondary N) is 1. The normalized spacial score (nSPS) is 17.3. The zero-order valence-electron chi connectivity index (χ0n) is 11.2. The van der Waals surface area contributed by atoms with Crippen molar-refractivity contribution in [2.45, 2.75) is 39.0 Å². The fourth-order valence-electron chi connectivity index (χ4n) is 2.50. The summed E-state index contributed by atoms with van der Waals surface area (Å²) < 4.78 is 0. The maximum atomic E-state index is 12.3. The predicted octanol–water partition coefficient (Wildman–Crippen LogP) is 2.88. The molecular formula is C15H22N2O. The van der Waals surface area contributed by atoms with E-state index >= 15 is 0 Å². The number of benzene rings is 1. The van der Waals surface area contributed by atoms with E-state index < -0.39 is 0 Å². The Labute approximate surface area is 109 Å². The van der Waals surface area contributed by atoms with Gasteiger partial charge in [-0.3, -0.25) is 4.79 Å². The summed E-state index contributed by atoms with van der Waals surface area (Å²) in [6, 6.07) is 8.00. The number of anilines is 1. The summed E-state index contributed by atoms with van der Waals surface area (Å²) in [5.41, 5.74) is 7.55. The molecule has 0 bridgehead atoms. The van der Waals surface area contributed by atoms with Gasteiger partial charge < -0.3 is 11.1 Å². The summed E-state index contributed by atoms with van der Waals surface area (Å²) in [5.74, 6) is 0.487. The minimum Gasteiger partial charge on any atom is -0.329 e. The van der Waals surface area contributed by atoms with E-state index in [1.54, 1.807) is 0 Å². The molecule has 1 fully saturated rings. The Kier molecular flexibility index (Phi) is 3.71. The standard InChI is InChI=1S/C15H22N2O/c1-11(2)12-6-3-4-7-13(12)17-14(18)15(10-16)8-5-9-15/h3-4,6-7,11H,5,8-10,16H2,1-2H3,(H,17,18). The van der Waals surface area contributed by atoms with Gasteiger partial charge in [-0.2, -0.15) is 0 Å². The first-order valence-electron chi connectivity index (χ1n) is 6.69. The van der Waals surface area contributed by atoms with Crippen LogP contribution in [0.15, 0.2) is 24.3 Å². The van der Waals surface area contributed by atoms with Crippen molar-refractivity contribution in [3.05, 3.63) is 29.8 Å². The molecule has 0 aromatic heterocycles. The number of hydrogen-bond acceptors (Lipinski definition) is 2. The molecule has 98 valence electrons. The summed E-state index contributed by atoms with van der Waals surface area (Å²) in [4.78, 5) is 12.3. The first kappa shape index (κ1) is 13.1. The molecule has 0 unspecified atom stereocenters. The highest BCUT2D eigenvalue weighted by Gasteiger charge is 2.42. The third-order valence-corrected chi connectivity index (χ3v) is 4.01. The molecule has 2 rings (SSSR count). The summed E-state index contributed by atoms with van der Waals surface area (Å²) in [7, 11) is 0. The average molecular weight is 246 g/mol. The number of carbonyl (C=O) groups excluding carboxylic acids is 1. The lowest BCUT2D eigenvalue weighted by molar-refractivity contribution is -0.129. The van der Waals surface area contributed by atoms with Gasteiger partial charge >= 0.3 is 0 Å². The number of carbonyl (C=O) groups is 1. The van der Waals surface area contributed by atoms with Gasteiger partial charge in [-0.05, 0) is 30.4 Å². The zero-order valence-corrected chi connectivity index (χ0v) is 11.2. The highest BCUT2D eigenvalue weighted by Crippen LogP contribution is 2.41. The fraction of sp³-hybridized carbons (Fsp3) is 0.533. The first-order chi connectivity index (χ1) is 8.59. The van der Waals surface area contributed by atoms with Crippen LogP contribution in [0.25, 0.3) is 0 Å². The monoisotopic (exact) mass is 246 g/mol. The van der Waals surface area contributed by atoms with Crippen LogP contribution in [0.4, 0.5) is 5.69 Å². The van der Waals surface area contributed by atoms with Crippen molar-refractivity contribution >= 4 is 11.6 Å². The topological polar surface area (TPSA) is 55.1 Å². The molecule has 0 radical (unpaired) electrons. The van der Waals surface area contributed by atoms with Crippen molar-refractivity contribution in [2.75, 3.05) is 11.9 Å². The molecule has 1 saturated carbocycles. The number of hydrogen-bond donors (Lipinski definition) is 2. The van der Waals surface area contributed by atoms with Crippen LogP contribution < -0.4 is 11.1 Å². The molecule has 1 aromatic carbocycles. The Balaban J connectivity index is 2.17. The van der Waals surface area contributed by atoms with Crippen LogP contribution in [0.3, 0.4) is 0 Å². The molecule has 0 heterocycles. The van der Waals surface area contributed by atoms with Crippen molar-refractivity contribution in [1.82, 2.24) is 0 Å².